The number of pyridine rings is 1. The molecule has 42 heavy (non-hydrogen) atoms. The maximum Gasteiger partial charge on any atom is 0.407 e. The van der Waals surface area contributed by atoms with Gasteiger partial charge in [-0.25, -0.2) is 33.5 Å². The van der Waals surface area contributed by atoms with E-state index in [-0.39, 0.29) is 46.5 Å². The Morgan fingerprint density at radius 3 is 2.50 bits per heavy atom. The molecule has 1 amide bonds. The first-order chi connectivity index (χ1) is 19.9. The SMILES string of the molecule is C=Cc1nc(C)c(-n2c(=O)nc(N3C[C@@H](C)N(C(=O)O)C[C@@H]3C)c3cc(Cl)c(-c4ccccc4F)nc32)c(C(C)C)n1. The Hall–Kier alpha value is -4.38. The van der Waals surface area contributed by atoms with Crippen LogP contribution in [0, 0.1) is 12.7 Å². The number of halogens is 2. The van der Waals surface area contributed by atoms with Gasteiger partial charge in [-0.05, 0) is 51.0 Å². The number of amides is 1. The number of carboxylic acid groups (broad SMARTS) is 1. The second kappa shape index (κ2) is 11.1. The molecule has 0 radical (unpaired) electrons. The number of benzene rings is 1. The van der Waals surface area contributed by atoms with Crippen molar-refractivity contribution < 1.29 is 14.3 Å². The van der Waals surface area contributed by atoms with Crippen molar-refractivity contribution in [3.05, 3.63) is 75.4 Å². The van der Waals surface area contributed by atoms with E-state index in [1.54, 1.807) is 44.2 Å². The predicted molar refractivity (Wildman–Crippen MR) is 161 cm³/mol. The van der Waals surface area contributed by atoms with E-state index >= 15 is 0 Å². The first-order valence-electron chi connectivity index (χ1n) is 13.6. The fourth-order valence-electron chi connectivity index (χ4n) is 5.44. The highest BCUT2D eigenvalue weighted by atomic mass is 35.5. The van der Waals surface area contributed by atoms with Gasteiger partial charge in [0.25, 0.3) is 0 Å². The van der Waals surface area contributed by atoms with E-state index in [0.717, 1.165) is 0 Å². The summed E-state index contributed by atoms with van der Waals surface area (Å²) in [6.45, 7) is 13.6. The van der Waals surface area contributed by atoms with Crippen LogP contribution in [-0.2, 0) is 0 Å². The Morgan fingerprint density at radius 2 is 1.86 bits per heavy atom. The lowest BCUT2D eigenvalue weighted by molar-refractivity contribution is 0.114. The monoisotopic (exact) mass is 591 g/mol. The average Bonchev–Trinajstić information content (AvgIpc) is 2.94. The van der Waals surface area contributed by atoms with Gasteiger partial charge in [-0.15, -0.1) is 0 Å². The number of piperazine rings is 1. The summed E-state index contributed by atoms with van der Waals surface area (Å²) in [4.78, 5) is 47.6. The predicted octanol–water partition coefficient (Wildman–Crippen LogP) is 5.68. The lowest BCUT2D eigenvalue weighted by Gasteiger charge is -2.43. The lowest BCUT2D eigenvalue weighted by Crippen LogP contribution is -2.58. The van der Waals surface area contributed by atoms with Crippen molar-refractivity contribution in [3.8, 4) is 16.9 Å². The van der Waals surface area contributed by atoms with Crippen molar-refractivity contribution in [1.29, 1.82) is 0 Å². The zero-order chi connectivity index (χ0) is 30.5. The maximum absolute atomic E-state index is 15.0. The van der Waals surface area contributed by atoms with Crippen molar-refractivity contribution in [3.63, 3.8) is 0 Å². The Labute approximate surface area is 247 Å². The van der Waals surface area contributed by atoms with Crippen LogP contribution in [0.1, 0.15) is 50.8 Å². The van der Waals surface area contributed by atoms with Crippen molar-refractivity contribution in [2.24, 2.45) is 0 Å². The molecule has 1 saturated heterocycles. The molecule has 2 atom stereocenters. The number of nitrogens with zero attached hydrogens (tertiary/aromatic N) is 7. The quantitative estimate of drug-likeness (QED) is 0.315. The van der Waals surface area contributed by atoms with Crippen molar-refractivity contribution in [2.75, 3.05) is 18.0 Å². The third-order valence-electron chi connectivity index (χ3n) is 7.49. The van der Waals surface area contributed by atoms with E-state index in [2.05, 4.69) is 21.5 Å². The Balaban J connectivity index is 1.86. The molecule has 0 aliphatic carbocycles. The molecule has 218 valence electrons. The molecular formula is C30H31ClFN7O3. The number of aryl methyl sites for hydroxylation is 1. The number of hydrogen-bond donors (Lipinski definition) is 1. The van der Waals surface area contributed by atoms with Crippen molar-refractivity contribution >= 4 is 40.6 Å². The minimum atomic E-state index is -1.01. The zero-order valence-corrected chi connectivity index (χ0v) is 24.7. The Morgan fingerprint density at radius 1 is 1.14 bits per heavy atom. The summed E-state index contributed by atoms with van der Waals surface area (Å²) < 4.78 is 16.3. The zero-order valence-electron chi connectivity index (χ0n) is 24.0. The topological polar surface area (TPSA) is 117 Å². The Bertz CT molecular complexity index is 1790. The molecule has 5 rings (SSSR count). The minimum absolute atomic E-state index is 0.106. The number of carbonyl (C=O) groups is 1. The largest absolute Gasteiger partial charge is 0.465 e. The molecule has 1 aliphatic rings. The highest BCUT2D eigenvalue weighted by Crippen LogP contribution is 2.36. The van der Waals surface area contributed by atoms with Crippen LogP contribution in [0.4, 0.5) is 15.0 Å². The summed E-state index contributed by atoms with van der Waals surface area (Å²) in [6, 6.07) is 7.10. The third kappa shape index (κ3) is 4.98. The number of fused-ring (bicyclic) bond motifs is 1. The fraction of sp³-hybridized carbons (Fsp3) is 0.333. The van der Waals surface area contributed by atoms with E-state index in [1.165, 1.54) is 15.5 Å². The molecule has 0 bridgehead atoms. The van der Waals surface area contributed by atoms with Crippen LogP contribution in [0.2, 0.25) is 5.02 Å². The lowest BCUT2D eigenvalue weighted by atomic mass is 10.1. The molecule has 10 nitrogen and oxygen atoms in total. The van der Waals surface area contributed by atoms with Crippen LogP contribution >= 0.6 is 11.6 Å². The minimum Gasteiger partial charge on any atom is -0.465 e. The summed E-state index contributed by atoms with van der Waals surface area (Å²) >= 11 is 6.76. The third-order valence-corrected chi connectivity index (χ3v) is 7.78. The molecule has 4 aromatic rings. The highest BCUT2D eigenvalue weighted by Gasteiger charge is 2.35. The van der Waals surface area contributed by atoms with Crippen LogP contribution < -0.4 is 10.6 Å². The van der Waals surface area contributed by atoms with Crippen LogP contribution in [0.25, 0.3) is 34.1 Å². The van der Waals surface area contributed by atoms with Gasteiger partial charge in [0.1, 0.15) is 11.6 Å². The summed E-state index contributed by atoms with van der Waals surface area (Å²) in [5, 5.41) is 10.3. The van der Waals surface area contributed by atoms with Crippen LogP contribution in [0.5, 0.6) is 0 Å². The summed E-state index contributed by atoms with van der Waals surface area (Å²) in [5.74, 6) is 0.117. The molecule has 1 N–H and O–H groups in total. The van der Waals surface area contributed by atoms with Gasteiger partial charge in [0.15, 0.2) is 11.5 Å². The van der Waals surface area contributed by atoms with Crippen LogP contribution in [0.3, 0.4) is 0 Å². The smallest absolute Gasteiger partial charge is 0.407 e. The van der Waals surface area contributed by atoms with Gasteiger partial charge in [-0.3, -0.25) is 0 Å². The first kappa shape index (κ1) is 29.1. The van der Waals surface area contributed by atoms with Crippen LogP contribution in [0.15, 0.2) is 41.7 Å². The van der Waals surface area contributed by atoms with E-state index < -0.39 is 17.6 Å². The molecule has 0 spiro atoms. The number of hydrogen-bond acceptors (Lipinski definition) is 7. The number of aromatic nitrogens is 5. The van der Waals surface area contributed by atoms with Crippen molar-refractivity contribution in [2.45, 2.75) is 52.6 Å². The normalized spacial score (nSPS) is 17.2. The molecule has 12 heteroatoms. The molecule has 1 fully saturated rings. The molecule has 1 aromatic carbocycles. The average molecular weight is 592 g/mol. The maximum atomic E-state index is 15.0. The standard InChI is InChI=1S/C30H31ClFN7O3/c1-7-23-33-18(6)26(24(34-23)15(2)3)39-28-20(12-21(31)25(35-28)19-10-8-9-11-22(19)32)27(36-29(39)40)37-13-17(5)38(30(41)42)14-16(37)4/h7-12,15-17H,1,13-14H2,2-6H3,(H,41,42)/t16-,17+/m0/s1. The molecule has 4 heterocycles. The fourth-order valence-corrected chi connectivity index (χ4v) is 5.69. The summed E-state index contributed by atoms with van der Waals surface area (Å²) in [5.41, 5.74) is 1.45. The van der Waals surface area contributed by atoms with Gasteiger partial charge in [-0.1, -0.05) is 44.2 Å². The van der Waals surface area contributed by atoms with Gasteiger partial charge < -0.3 is 14.9 Å². The van der Waals surface area contributed by atoms with Gasteiger partial charge in [0.2, 0.25) is 0 Å². The van der Waals surface area contributed by atoms with Gasteiger partial charge in [0.05, 0.1) is 33.2 Å². The molecule has 3 aromatic heterocycles. The van der Waals surface area contributed by atoms with Gasteiger partial charge in [-0.2, -0.15) is 4.98 Å². The number of anilines is 1. The van der Waals surface area contributed by atoms with E-state index in [9.17, 15) is 19.1 Å². The van der Waals surface area contributed by atoms with E-state index in [0.29, 0.717) is 40.6 Å². The van der Waals surface area contributed by atoms with Gasteiger partial charge >= 0.3 is 11.8 Å². The molecule has 0 saturated carbocycles. The summed E-state index contributed by atoms with van der Waals surface area (Å²) in [6.07, 6.45) is 0.527. The second-order valence-corrected chi connectivity index (χ2v) is 11.2. The molecule has 0 unspecified atom stereocenters. The van der Waals surface area contributed by atoms with E-state index in [4.69, 9.17) is 16.6 Å². The Kier molecular flexibility index (Phi) is 7.72. The number of rotatable bonds is 5. The van der Waals surface area contributed by atoms with Gasteiger partial charge in [0, 0.05) is 30.7 Å². The van der Waals surface area contributed by atoms with E-state index in [1.807, 2.05) is 25.7 Å². The first-order valence-corrected chi connectivity index (χ1v) is 14.0. The van der Waals surface area contributed by atoms with Crippen molar-refractivity contribution in [1.82, 2.24) is 29.4 Å². The second-order valence-electron chi connectivity index (χ2n) is 10.8. The summed E-state index contributed by atoms with van der Waals surface area (Å²) in [7, 11) is 0. The molecule has 1 aliphatic heterocycles. The molecular weight excluding hydrogens is 561 g/mol. The highest BCUT2D eigenvalue weighted by molar-refractivity contribution is 6.33. The van der Waals surface area contributed by atoms with Crippen LogP contribution in [-0.4, -0.2) is 65.8 Å².